The van der Waals surface area contributed by atoms with Crippen LogP contribution in [-0.4, -0.2) is 17.8 Å². The molecule has 14 heavy (non-hydrogen) atoms. The van der Waals surface area contributed by atoms with Gasteiger partial charge in [0.15, 0.2) is 0 Å². The van der Waals surface area contributed by atoms with Crippen LogP contribution in [0.25, 0.3) is 0 Å². The number of nitrogens with one attached hydrogen (secondary N) is 1. The second-order valence-corrected chi connectivity index (χ2v) is 3.13. The highest BCUT2D eigenvalue weighted by molar-refractivity contribution is 5.47. The van der Waals surface area contributed by atoms with Gasteiger partial charge in [-0.3, -0.25) is 0 Å². The van der Waals surface area contributed by atoms with Gasteiger partial charge in [0.2, 0.25) is 0 Å². The van der Waals surface area contributed by atoms with Crippen LogP contribution in [0.4, 0.5) is 5.69 Å². The first-order chi connectivity index (χ1) is 6.76. The molecule has 0 heterocycles. The van der Waals surface area contributed by atoms with E-state index in [9.17, 15) is 5.11 Å². The molecular formula is C11H14N2O. The molecule has 0 bridgehead atoms. The van der Waals surface area contributed by atoms with Crippen LogP contribution in [-0.2, 0) is 0 Å². The number of rotatable bonds is 4. The van der Waals surface area contributed by atoms with E-state index in [4.69, 9.17) is 5.26 Å². The fourth-order valence-corrected chi connectivity index (χ4v) is 1.04. The summed E-state index contributed by atoms with van der Waals surface area (Å²) in [5.74, 6) is 0. The van der Waals surface area contributed by atoms with Crippen LogP contribution in [0.5, 0.6) is 0 Å². The van der Waals surface area contributed by atoms with Gasteiger partial charge in [-0.05, 0) is 30.7 Å². The molecule has 0 saturated heterocycles. The predicted octanol–water partition coefficient (Wildman–Crippen LogP) is 1.74. The normalized spacial score (nSPS) is 11.8. The molecule has 3 nitrogen and oxygen atoms in total. The minimum Gasteiger partial charge on any atom is -0.391 e. The lowest BCUT2D eigenvalue weighted by Gasteiger charge is -2.10. The molecular weight excluding hydrogens is 176 g/mol. The number of benzene rings is 1. The van der Waals surface area contributed by atoms with Gasteiger partial charge in [-0.2, -0.15) is 5.26 Å². The number of nitrogens with zero attached hydrogens (tertiary/aromatic N) is 1. The topological polar surface area (TPSA) is 56.0 Å². The monoisotopic (exact) mass is 190 g/mol. The highest BCUT2D eigenvalue weighted by Crippen LogP contribution is 2.08. The van der Waals surface area contributed by atoms with Crippen molar-refractivity contribution >= 4 is 5.69 Å². The Hall–Kier alpha value is -1.53. The molecule has 1 atom stereocenters. The van der Waals surface area contributed by atoms with E-state index in [1.165, 1.54) is 0 Å². The molecule has 0 aliphatic rings. The predicted molar refractivity (Wildman–Crippen MR) is 55.9 cm³/mol. The van der Waals surface area contributed by atoms with Gasteiger partial charge in [-0.15, -0.1) is 0 Å². The van der Waals surface area contributed by atoms with E-state index in [-0.39, 0.29) is 6.10 Å². The van der Waals surface area contributed by atoms with Crippen molar-refractivity contribution in [3.63, 3.8) is 0 Å². The smallest absolute Gasteiger partial charge is 0.0991 e. The maximum absolute atomic E-state index is 9.31. The molecule has 0 aliphatic heterocycles. The molecule has 1 rings (SSSR count). The minimum absolute atomic E-state index is 0.314. The molecule has 0 aromatic heterocycles. The van der Waals surface area contributed by atoms with Crippen molar-refractivity contribution in [2.75, 3.05) is 11.9 Å². The molecule has 1 unspecified atom stereocenters. The third kappa shape index (κ3) is 3.08. The number of nitriles is 1. The summed E-state index contributed by atoms with van der Waals surface area (Å²) in [5, 5.41) is 21.0. The number of hydrogen-bond acceptors (Lipinski definition) is 3. The van der Waals surface area contributed by atoms with Gasteiger partial charge in [-0.1, -0.05) is 6.92 Å². The van der Waals surface area contributed by atoms with E-state index >= 15 is 0 Å². The van der Waals surface area contributed by atoms with Gasteiger partial charge in [0.1, 0.15) is 0 Å². The van der Waals surface area contributed by atoms with Gasteiger partial charge in [-0.25, -0.2) is 0 Å². The number of aliphatic hydroxyl groups excluding tert-OH is 1. The lowest BCUT2D eigenvalue weighted by Crippen LogP contribution is -2.17. The fourth-order valence-electron chi connectivity index (χ4n) is 1.04. The molecule has 1 aromatic carbocycles. The van der Waals surface area contributed by atoms with Gasteiger partial charge in [0.05, 0.1) is 17.7 Å². The maximum Gasteiger partial charge on any atom is 0.0991 e. The van der Waals surface area contributed by atoms with Crippen LogP contribution < -0.4 is 5.32 Å². The van der Waals surface area contributed by atoms with E-state index in [0.717, 1.165) is 12.1 Å². The second kappa shape index (κ2) is 5.25. The van der Waals surface area contributed by atoms with Gasteiger partial charge < -0.3 is 10.4 Å². The lowest BCUT2D eigenvalue weighted by atomic mass is 10.2. The average molecular weight is 190 g/mol. The average Bonchev–Trinajstić information content (AvgIpc) is 2.26. The summed E-state index contributed by atoms with van der Waals surface area (Å²) >= 11 is 0. The molecule has 0 amide bonds. The number of hydrogen-bond donors (Lipinski definition) is 2. The van der Waals surface area contributed by atoms with Crippen molar-refractivity contribution in [1.29, 1.82) is 5.26 Å². The van der Waals surface area contributed by atoms with Crippen LogP contribution in [0.15, 0.2) is 24.3 Å². The van der Waals surface area contributed by atoms with E-state index in [1.807, 2.05) is 19.1 Å². The third-order valence-electron chi connectivity index (χ3n) is 2.03. The van der Waals surface area contributed by atoms with Crippen molar-refractivity contribution in [1.82, 2.24) is 0 Å². The molecule has 0 saturated carbocycles. The Morgan fingerprint density at radius 1 is 1.43 bits per heavy atom. The highest BCUT2D eigenvalue weighted by atomic mass is 16.3. The zero-order chi connectivity index (χ0) is 10.4. The van der Waals surface area contributed by atoms with Gasteiger partial charge >= 0.3 is 0 Å². The van der Waals surface area contributed by atoms with Gasteiger partial charge in [0, 0.05) is 12.2 Å². The van der Waals surface area contributed by atoms with E-state index in [1.54, 1.807) is 12.1 Å². The van der Waals surface area contributed by atoms with Crippen molar-refractivity contribution < 1.29 is 5.11 Å². The molecule has 2 N–H and O–H groups in total. The maximum atomic E-state index is 9.31. The first-order valence-corrected chi connectivity index (χ1v) is 4.68. The Bertz CT molecular complexity index is 313. The van der Waals surface area contributed by atoms with E-state index in [2.05, 4.69) is 11.4 Å². The summed E-state index contributed by atoms with van der Waals surface area (Å²) in [6.07, 6.45) is 0.425. The minimum atomic E-state index is -0.314. The standard InChI is InChI=1S/C11H14N2O/c1-2-11(14)8-13-10-5-3-9(7-12)4-6-10/h3-6,11,13-14H,2,8H2,1H3. The Morgan fingerprint density at radius 2 is 2.07 bits per heavy atom. The molecule has 0 aliphatic carbocycles. The van der Waals surface area contributed by atoms with Crippen LogP contribution in [0.1, 0.15) is 18.9 Å². The molecule has 0 fully saturated rings. The zero-order valence-corrected chi connectivity index (χ0v) is 8.20. The molecule has 3 heteroatoms. The van der Waals surface area contributed by atoms with E-state index in [0.29, 0.717) is 12.1 Å². The quantitative estimate of drug-likeness (QED) is 0.760. The van der Waals surface area contributed by atoms with Crippen molar-refractivity contribution in [2.24, 2.45) is 0 Å². The summed E-state index contributed by atoms with van der Waals surface area (Å²) in [5.41, 5.74) is 1.57. The summed E-state index contributed by atoms with van der Waals surface area (Å²) < 4.78 is 0. The zero-order valence-electron chi connectivity index (χ0n) is 8.20. The largest absolute Gasteiger partial charge is 0.391 e. The molecule has 0 spiro atoms. The highest BCUT2D eigenvalue weighted by Gasteiger charge is 1.99. The molecule has 1 aromatic rings. The Balaban J connectivity index is 2.49. The SMILES string of the molecule is CCC(O)CNc1ccc(C#N)cc1. The van der Waals surface area contributed by atoms with Crippen LogP contribution in [0, 0.1) is 11.3 Å². The van der Waals surface area contributed by atoms with Crippen LogP contribution >= 0.6 is 0 Å². The van der Waals surface area contributed by atoms with Gasteiger partial charge in [0.25, 0.3) is 0 Å². The summed E-state index contributed by atoms with van der Waals surface area (Å²) in [7, 11) is 0. The van der Waals surface area contributed by atoms with Crippen LogP contribution in [0.2, 0.25) is 0 Å². The van der Waals surface area contributed by atoms with Crippen LogP contribution in [0.3, 0.4) is 0 Å². The Morgan fingerprint density at radius 3 is 2.57 bits per heavy atom. The van der Waals surface area contributed by atoms with Crippen molar-refractivity contribution in [3.05, 3.63) is 29.8 Å². The summed E-state index contributed by atoms with van der Waals surface area (Å²) in [6, 6.07) is 9.22. The Kier molecular flexibility index (Phi) is 3.96. The second-order valence-electron chi connectivity index (χ2n) is 3.13. The molecule has 0 radical (unpaired) electrons. The fraction of sp³-hybridized carbons (Fsp3) is 0.364. The Labute approximate surface area is 84.0 Å². The first kappa shape index (κ1) is 10.6. The molecule has 74 valence electrons. The van der Waals surface area contributed by atoms with Crippen molar-refractivity contribution in [2.45, 2.75) is 19.4 Å². The first-order valence-electron chi connectivity index (χ1n) is 4.68. The van der Waals surface area contributed by atoms with E-state index < -0.39 is 0 Å². The number of anilines is 1. The number of aliphatic hydroxyl groups is 1. The van der Waals surface area contributed by atoms with Crippen molar-refractivity contribution in [3.8, 4) is 6.07 Å². The lowest BCUT2D eigenvalue weighted by molar-refractivity contribution is 0.183. The summed E-state index contributed by atoms with van der Waals surface area (Å²) in [6.45, 7) is 2.48. The third-order valence-corrected chi connectivity index (χ3v) is 2.03. The summed E-state index contributed by atoms with van der Waals surface area (Å²) in [4.78, 5) is 0.